The quantitative estimate of drug-likeness (QED) is 0.561. The van der Waals surface area contributed by atoms with E-state index in [2.05, 4.69) is 0 Å². The molecule has 7 nitrogen and oxygen atoms in total. The van der Waals surface area contributed by atoms with E-state index in [-0.39, 0.29) is 0 Å². The summed E-state index contributed by atoms with van der Waals surface area (Å²) in [7, 11) is -0.611. The van der Waals surface area contributed by atoms with Gasteiger partial charge in [-0.1, -0.05) is 0 Å². The Kier molecular flexibility index (Phi) is 5.24. The van der Waals surface area contributed by atoms with E-state index in [1.54, 1.807) is 17.5 Å². The molecular formula is C7H10N2O5S. The molecule has 3 N–H and O–H groups in total. The van der Waals surface area contributed by atoms with Crippen molar-refractivity contribution >= 4 is 16.8 Å². The summed E-state index contributed by atoms with van der Waals surface area (Å²) in [5.41, 5.74) is -2.11. The van der Waals surface area contributed by atoms with Gasteiger partial charge in [0.25, 0.3) is 5.56 Å². The fourth-order valence-electron chi connectivity index (χ4n) is 0.569. The van der Waals surface area contributed by atoms with Crippen LogP contribution in [0.25, 0.3) is 0 Å². The van der Waals surface area contributed by atoms with Crippen molar-refractivity contribution in [1.82, 2.24) is 9.97 Å². The van der Waals surface area contributed by atoms with Gasteiger partial charge in [-0.15, -0.1) is 0 Å². The van der Waals surface area contributed by atoms with Crippen molar-refractivity contribution in [2.75, 3.05) is 12.5 Å². The largest absolute Gasteiger partial charge is 0.477 e. The van der Waals surface area contributed by atoms with Crippen LogP contribution in [0.3, 0.4) is 0 Å². The van der Waals surface area contributed by atoms with E-state index in [9.17, 15) is 18.6 Å². The molecular weight excluding hydrogens is 224 g/mol. The van der Waals surface area contributed by atoms with Gasteiger partial charge in [-0.3, -0.25) is 14.0 Å². The molecule has 0 amide bonds. The van der Waals surface area contributed by atoms with E-state index in [1.165, 1.54) is 0 Å². The summed E-state index contributed by atoms with van der Waals surface area (Å²) in [6.07, 6.45) is 4.13. The fourth-order valence-corrected chi connectivity index (χ4v) is 0.569. The van der Waals surface area contributed by atoms with Gasteiger partial charge in [-0.05, 0) is 0 Å². The lowest BCUT2D eigenvalue weighted by atomic mass is 10.3. The Morgan fingerprint density at radius 1 is 1.40 bits per heavy atom. The first-order chi connectivity index (χ1) is 6.84. The molecule has 1 rings (SSSR count). The van der Waals surface area contributed by atoms with Crippen LogP contribution in [-0.4, -0.2) is 37.8 Å². The molecule has 1 aromatic rings. The summed E-state index contributed by atoms with van der Waals surface area (Å²) in [5.74, 6) is -1.37. The molecule has 0 aliphatic rings. The second kappa shape index (κ2) is 5.91. The van der Waals surface area contributed by atoms with E-state index in [1.807, 2.05) is 4.98 Å². The van der Waals surface area contributed by atoms with Crippen molar-refractivity contribution < 1.29 is 14.1 Å². The van der Waals surface area contributed by atoms with E-state index >= 15 is 0 Å². The number of carboxylic acids is 1. The molecule has 0 radical (unpaired) electrons. The third kappa shape index (κ3) is 5.57. The Morgan fingerprint density at radius 3 is 2.20 bits per heavy atom. The highest BCUT2D eigenvalue weighted by molar-refractivity contribution is 7.83. The first-order valence-corrected chi connectivity index (χ1v) is 5.61. The predicted molar refractivity (Wildman–Crippen MR) is 54.6 cm³/mol. The van der Waals surface area contributed by atoms with Crippen LogP contribution < -0.4 is 11.2 Å². The Balaban J connectivity index is 0.000000423. The number of hydrogen-bond acceptors (Lipinski definition) is 4. The number of aromatic amines is 2. The number of aromatic nitrogens is 2. The Hall–Kier alpha value is -1.70. The number of rotatable bonds is 1. The van der Waals surface area contributed by atoms with Gasteiger partial charge in [0, 0.05) is 29.5 Å². The highest BCUT2D eigenvalue weighted by Gasteiger charge is 2.06. The number of carbonyl (C=O) groups is 1. The average Bonchev–Trinajstić information content (AvgIpc) is 2.01. The highest BCUT2D eigenvalue weighted by Crippen LogP contribution is 1.81. The number of carboxylic acid groups (broad SMARTS) is 1. The minimum absolute atomic E-state index is 0.482. The van der Waals surface area contributed by atoms with Gasteiger partial charge >= 0.3 is 11.7 Å². The summed E-state index contributed by atoms with van der Waals surface area (Å²) >= 11 is 0. The van der Waals surface area contributed by atoms with Gasteiger partial charge in [-0.2, -0.15) is 0 Å². The van der Waals surface area contributed by atoms with E-state index in [0.29, 0.717) is 0 Å². The van der Waals surface area contributed by atoms with Crippen molar-refractivity contribution in [1.29, 1.82) is 0 Å². The van der Waals surface area contributed by atoms with Crippen LogP contribution in [0.15, 0.2) is 15.8 Å². The smallest absolute Gasteiger partial charge is 0.342 e. The van der Waals surface area contributed by atoms with Gasteiger partial charge in [0.15, 0.2) is 0 Å². The van der Waals surface area contributed by atoms with Crippen molar-refractivity contribution in [3.8, 4) is 0 Å². The zero-order chi connectivity index (χ0) is 12.0. The summed E-state index contributed by atoms with van der Waals surface area (Å²) in [4.78, 5) is 35.0. The van der Waals surface area contributed by atoms with Gasteiger partial charge < -0.3 is 10.1 Å². The van der Waals surface area contributed by atoms with Crippen molar-refractivity contribution in [2.45, 2.75) is 0 Å². The highest BCUT2D eigenvalue weighted by atomic mass is 32.2. The van der Waals surface area contributed by atoms with Gasteiger partial charge in [0.05, 0.1) is 0 Å². The SMILES string of the molecule is CS(C)=O.O=C(O)c1c[nH]c(=O)[nH]c1=O. The molecule has 0 saturated heterocycles. The fraction of sp³-hybridized carbons (Fsp3) is 0.286. The van der Waals surface area contributed by atoms with Crippen molar-refractivity contribution in [2.24, 2.45) is 0 Å². The molecule has 0 saturated carbocycles. The lowest BCUT2D eigenvalue weighted by molar-refractivity contribution is 0.0694. The lowest BCUT2D eigenvalue weighted by Crippen LogP contribution is -2.26. The second-order valence-corrected chi connectivity index (χ2v) is 4.02. The summed E-state index contributed by atoms with van der Waals surface area (Å²) < 4.78 is 9.56. The van der Waals surface area contributed by atoms with Crippen LogP contribution in [0, 0.1) is 0 Å². The average molecular weight is 234 g/mol. The minimum atomic E-state index is -1.37. The first-order valence-electron chi connectivity index (χ1n) is 3.65. The molecule has 0 bridgehead atoms. The molecule has 0 aliphatic carbocycles. The number of aromatic carboxylic acids is 1. The monoisotopic (exact) mass is 234 g/mol. The zero-order valence-corrected chi connectivity index (χ0v) is 8.88. The van der Waals surface area contributed by atoms with Crippen LogP contribution in [-0.2, 0) is 10.8 Å². The predicted octanol–water partition coefficient (Wildman–Crippen LogP) is -1.24. The van der Waals surface area contributed by atoms with Crippen LogP contribution in [0.5, 0.6) is 0 Å². The Morgan fingerprint density at radius 2 is 1.87 bits per heavy atom. The molecule has 0 atom stereocenters. The standard InChI is InChI=1S/C5H4N2O4.C2H6OS/c8-3-2(4(9)10)1-6-5(11)7-3;1-4(2)3/h1H,(H,9,10)(H2,6,7,8,11);1-2H3. The van der Waals surface area contributed by atoms with E-state index in [4.69, 9.17) is 5.11 Å². The maximum atomic E-state index is 10.6. The second-order valence-electron chi connectivity index (χ2n) is 2.53. The molecule has 0 aliphatic heterocycles. The van der Waals surface area contributed by atoms with Crippen LogP contribution in [0.1, 0.15) is 10.4 Å². The Bertz CT molecular complexity index is 471. The molecule has 1 heterocycles. The maximum absolute atomic E-state index is 10.6. The minimum Gasteiger partial charge on any atom is -0.477 e. The van der Waals surface area contributed by atoms with Gasteiger partial charge in [0.1, 0.15) is 5.56 Å². The van der Waals surface area contributed by atoms with Crippen molar-refractivity contribution in [3.05, 3.63) is 32.6 Å². The molecule has 0 fully saturated rings. The molecule has 0 aromatic carbocycles. The number of hydrogen-bond donors (Lipinski definition) is 3. The number of H-pyrrole nitrogens is 2. The summed E-state index contributed by atoms with van der Waals surface area (Å²) in [5, 5.41) is 8.31. The molecule has 84 valence electrons. The van der Waals surface area contributed by atoms with Crippen LogP contribution in [0.2, 0.25) is 0 Å². The molecule has 15 heavy (non-hydrogen) atoms. The first kappa shape index (κ1) is 13.3. The lowest BCUT2D eigenvalue weighted by Gasteiger charge is -1.88. The topological polar surface area (TPSA) is 120 Å². The number of nitrogens with one attached hydrogen (secondary N) is 2. The molecule has 0 spiro atoms. The molecule has 0 unspecified atom stereocenters. The van der Waals surface area contributed by atoms with Gasteiger partial charge in [-0.25, -0.2) is 9.59 Å². The third-order valence-corrected chi connectivity index (χ3v) is 1.05. The normalized spacial score (nSPS) is 9.27. The molecule has 1 aromatic heterocycles. The Labute approximate surface area is 86.6 Å². The van der Waals surface area contributed by atoms with Crippen LogP contribution >= 0.6 is 0 Å². The van der Waals surface area contributed by atoms with Gasteiger partial charge in [0.2, 0.25) is 0 Å². The molecule has 8 heteroatoms. The van der Waals surface area contributed by atoms with Crippen LogP contribution in [0.4, 0.5) is 0 Å². The third-order valence-electron chi connectivity index (χ3n) is 1.05. The van der Waals surface area contributed by atoms with Crippen molar-refractivity contribution in [3.63, 3.8) is 0 Å². The summed E-state index contributed by atoms with van der Waals surface area (Å²) in [6, 6.07) is 0. The van der Waals surface area contributed by atoms with E-state index < -0.39 is 33.6 Å². The zero-order valence-electron chi connectivity index (χ0n) is 8.07. The maximum Gasteiger partial charge on any atom is 0.342 e. The van der Waals surface area contributed by atoms with E-state index in [0.717, 1.165) is 6.20 Å². The summed E-state index contributed by atoms with van der Waals surface area (Å²) in [6.45, 7) is 0.